The van der Waals surface area contributed by atoms with E-state index in [2.05, 4.69) is 16.8 Å². The number of nitrogens with one attached hydrogen (secondary N) is 1. The normalized spacial score (nSPS) is 13.3. The van der Waals surface area contributed by atoms with Gasteiger partial charge in [0.1, 0.15) is 6.23 Å². The van der Waals surface area contributed by atoms with Gasteiger partial charge < -0.3 is 5.11 Å². The van der Waals surface area contributed by atoms with Gasteiger partial charge in [0.05, 0.1) is 0 Å². The minimum absolute atomic E-state index is 0.364. The fourth-order valence-corrected chi connectivity index (χ4v) is 1.60. The summed E-state index contributed by atoms with van der Waals surface area (Å²) in [6.45, 7) is 0. The third-order valence-electron chi connectivity index (χ3n) is 1.58. The number of aliphatic hydroxyl groups excluding tert-OH is 1. The predicted octanol–water partition coefficient (Wildman–Crippen LogP) is 1.22. The third-order valence-corrected chi connectivity index (χ3v) is 2.51. The summed E-state index contributed by atoms with van der Waals surface area (Å²) in [6.07, 6.45) is 1.38. The molecular weight excluding hydrogens is 158 g/mol. The van der Waals surface area contributed by atoms with Gasteiger partial charge >= 0.3 is 0 Å². The summed E-state index contributed by atoms with van der Waals surface area (Å²) in [5, 5.41) is 14.0. The quantitative estimate of drug-likeness (QED) is 0.668. The molecule has 11 heavy (non-hydrogen) atoms. The molecule has 0 radical (unpaired) electrons. The van der Waals surface area contributed by atoms with Gasteiger partial charge in [-0.3, -0.25) is 5.32 Å². The van der Waals surface area contributed by atoms with Crippen LogP contribution in [0, 0.1) is 0 Å². The van der Waals surface area contributed by atoms with Crippen LogP contribution in [0.15, 0.2) is 17.5 Å². The van der Waals surface area contributed by atoms with Gasteiger partial charge in [-0.05, 0) is 31.3 Å². The SMILES string of the molecule is CN[C@@H](O)CCc1cccs1. The van der Waals surface area contributed by atoms with Gasteiger partial charge in [-0.15, -0.1) is 11.3 Å². The summed E-state index contributed by atoms with van der Waals surface area (Å²) in [5.41, 5.74) is 0. The van der Waals surface area contributed by atoms with Crippen LogP contribution in [0.4, 0.5) is 0 Å². The first kappa shape index (κ1) is 8.71. The van der Waals surface area contributed by atoms with Gasteiger partial charge in [-0.25, -0.2) is 0 Å². The Bertz CT molecular complexity index is 186. The van der Waals surface area contributed by atoms with Crippen molar-refractivity contribution in [2.75, 3.05) is 7.05 Å². The second-order valence-corrected chi connectivity index (χ2v) is 3.45. The van der Waals surface area contributed by atoms with E-state index in [-0.39, 0.29) is 6.23 Å². The zero-order chi connectivity index (χ0) is 8.10. The molecular formula is C8H13NOS. The molecule has 62 valence electrons. The Labute approximate surface area is 70.9 Å². The van der Waals surface area contributed by atoms with Crippen molar-refractivity contribution in [3.05, 3.63) is 22.4 Å². The van der Waals surface area contributed by atoms with E-state index in [0.29, 0.717) is 0 Å². The summed E-state index contributed by atoms with van der Waals surface area (Å²) < 4.78 is 0. The second kappa shape index (κ2) is 4.49. The Balaban J connectivity index is 2.23. The molecule has 0 amide bonds. The lowest BCUT2D eigenvalue weighted by atomic mass is 10.2. The van der Waals surface area contributed by atoms with Gasteiger partial charge in [0.25, 0.3) is 0 Å². The molecule has 3 heteroatoms. The molecule has 0 saturated carbocycles. The Morgan fingerprint density at radius 2 is 2.55 bits per heavy atom. The molecule has 1 heterocycles. The molecule has 0 fully saturated rings. The smallest absolute Gasteiger partial charge is 0.105 e. The van der Waals surface area contributed by atoms with E-state index in [1.54, 1.807) is 18.4 Å². The Kier molecular flexibility index (Phi) is 3.56. The van der Waals surface area contributed by atoms with Gasteiger partial charge in [-0.2, -0.15) is 0 Å². The summed E-state index contributed by atoms with van der Waals surface area (Å²) in [4.78, 5) is 1.33. The molecule has 0 aliphatic carbocycles. The summed E-state index contributed by atoms with van der Waals surface area (Å²) >= 11 is 1.74. The molecule has 1 aromatic heterocycles. The van der Waals surface area contributed by atoms with Crippen LogP contribution in [-0.2, 0) is 6.42 Å². The van der Waals surface area contributed by atoms with E-state index in [1.807, 2.05) is 6.07 Å². The van der Waals surface area contributed by atoms with Crippen LogP contribution in [0.25, 0.3) is 0 Å². The first-order valence-electron chi connectivity index (χ1n) is 3.70. The van der Waals surface area contributed by atoms with Crippen molar-refractivity contribution in [2.24, 2.45) is 0 Å². The lowest BCUT2D eigenvalue weighted by molar-refractivity contribution is 0.138. The van der Waals surface area contributed by atoms with Crippen LogP contribution in [0.1, 0.15) is 11.3 Å². The van der Waals surface area contributed by atoms with Gasteiger partial charge in [0.15, 0.2) is 0 Å². The summed E-state index contributed by atoms with van der Waals surface area (Å²) in [7, 11) is 1.76. The average Bonchev–Trinajstić information content (AvgIpc) is 2.52. The minimum Gasteiger partial charge on any atom is -0.379 e. The first-order chi connectivity index (χ1) is 5.33. The lowest BCUT2D eigenvalue weighted by Crippen LogP contribution is -2.24. The van der Waals surface area contributed by atoms with Crippen molar-refractivity contribution in [2.45, 2.75) is 19.1 Å². The molecule has 1 rings (SSSR count). The van der Waals surface area contributed by atoms with Crippen LogP contribution in [0.5, 0.6) is 0 Å². The van der Waals surface area contributed by atoms with Crippen LogP contribution in [-0.4, -0.2) is 18.4 Å². The van der Waals surface area contributed by atoms with E-state index < -0.39 is 0 Å². The predicted molar refractivity (Wildman–Crippen MR) is 47.7 cm³/mol. The maximum atomic E-state index is 9.15. The highest BCUT2D eigenvalue weighted by atomic mass is 32.1. The number of hydrogen-bond acceptors (Lipinski definition) is 3. The molecule has 0 bridgehead atoms. The highest BCUT2D eigenvalue weighted by molar-refractivity contribution is 7.09. The highest BCUT2D eigenvalue weighted by Gasteiger charge is 2.00. The van der Waals surface area contributed by atoms with Gasteiger partial charge in [0, 0.05) is 4.88 Å². The molecule has 1 atom stereocenters. The third kappa shape index (κ3) is 3.01. The van der Waals surface area contributed by atoms with E-state index in [1.165, 1.54) is 4.88 Å². The van der Waals surface area contributed by atoms with Crippen LogP contribution in [0.2, 0.25) is 0 Å². The number of aliphatic hydroxyl groups is 1. The van der Waals surface area contributed by atoms with Crippen molar-refractivity contribution in [3.8, 4) is 0 Å². The van der Waals surface area contributed by atoms with Crippen molar-refractivity contribution in [3.63, 3.8) is 0 Å². The lowest BCUT2D eigenvalue weighted by Gasteiger charge is -2.06. The Hall–Kier alpha value is -0.380. The van der Waals surface area contributed by atoms with Gasteiger partial charge in [-0.1, -0.05) is 6.07 Å². The van der Waals surface area contributed by atoms with Crippen LogP contribution >= 0.6 is 11.3 Å². The summed E-state index contributed by atoms with van der Waals surface area (Å²) in [5.74, 6) is 0. The molecule has 0 spiro atoms. The fraction of sp³-hybridized carbons (Fsp3) is 0.500. The standard InChI is InChI=1S/C8H13NOS/c1-9-8(10)5-4-7-3-2-6-11-7/h2-3,6,8-10H,4-5H2,1H3/t8-/m0/s1. The average molecular weight is 171 g/mol. The van der Waals surface area contributed by atoms with Gasteiger partial charge in [0.2, 0.25) is 0 Å². The number of hydrogen-bond donors (Lipinski definition) is 2. The maximum Gasteiger partial charge on any atom is 0.105 e. The van der Waals surface area contributed by atoms with Crippen LogP contribution in [0.3, 0.4) is 0 Å². The molecule has 0 saturated heterocycles. The molecule has 2 nitrogen and oxygen atoms in total. The topological polar surface area (TPSA) is 32.3 Å². The molecule has 0 aliphatic rings. The molecule has 0 aromatic carbocycles. The van der Waals surface area contributed by atoms with E-state index in [4.69, 9.17) is 5.11 Å². The highest BCUT2D eigenvalue weighted by Crippen LogP contribution is 2.11. The number of thiophene rings is 1. The molecule has 0 aliphatic heterocycles. The molecule has 0 unspecified atom stereocenters. The Morgan fingerprint density at radius 1 is 1.73 bits per heavy atom. The van der Waals surface area contributed by atoms with E-state index in [0.717, 1.165) is 12.8 Å². The fourth-order valence-electron chi connectivity index (χ4n) is 0.878. The maximum absolute atomic E-state index is 9.15. The summed E-state index contributed by atoms with van der Waals surface area (Å²) in [6, 6.07) is 4.12. The number of rotatable bonds is 4. The van der Waals surface area contributed by atoms with E-state index >= 15 is 0 Å². The minimum atomic E-state index is -0.364. The largest absolute Gasteiger partial charge is 0.379 e. The second-order valence-electron chi connectivity index (χ2n) is 2.42. The first-order valence-corrected chi connectivity index (χ1v) is 4.58. The zero-order valence-corrected chi connectivity index (χ0v) is 7.40. The molecule has 2 N–H and O–H groups in total. The van der Waals surface area contributed by atoms with Crippen molar-refractivity contribution in [1.82, 2.24) is 5.32 Å². The van der Waals surface area contributed by atoms with Crippen molar-refractivity contribution in [1.29, 1.82) is 0 Å². The van der Waals surface area contributed by atoms with E-state index in [9.17, 15) is 0 Å². The monoisotopic (exact) mass is 171 g/mol. The van der Waals surface area contributed by atoms with Crippen molar-refractivity contribution >= 4 is 11.3 Å². The molecule has 1 aromatic rings. The van der Waals surface area contributed by atoms with Crippen LogP contribution < -0.4 is 5.32 Å². The van der Waals surface area contributed by atoms with Crippen molar-refractivity contribution < 1.29 is 5.11 Å². The zero-order valence-electron chi connectivity index (χ0n) is 6.58. The number of aryl methyl sites for hydroxylation is 1. The Morgan fingerprint density at radius 3 is 3.09 bits per heavy atom.